The lowest BCUT2D eigenvalue weighted by Gasteiger charge is -2.15. The van der Waals surface area contributed by atoms with E-state index in [0.29, 0.717) is 17.7 Å². The standard InChI is InChI=1S/C14H17NO3/c1-2-18-14(17)12-7-5-11(6-8-12)13(16)15-9-3-4-10-15/h5-8H,2-4,9-10H2,1H3. The van der Waals surface area contributed by atoms with Crippen LogP contribution in [0.2, 0.25) is 0 Å². The van der Waals surface area contributed by atoms with Crippen molar-refractivity contribution in [2.75, 3.05) is 19.7 Å². The van der Waals surface area contributed by atoms with Gasteiger partial charge in [-0.05, 0) is 44.0 Å². The van der Waals surface area contributed by atoms with E-state index >= 15 is 0 Å². The van der Waals surface area contributed by atoms with Crippen LogP contribution in [0.3, 0.4) is 0 Å². The van der Waals surface area contributed by atoms with Crippen molar-refractivity contribution in [2.45, 2.75) is 19.8 Å². The van der Waals surface area contributed by atoms with Gasteiger partial charge >= 0.3 is 5.97 Å². The van der Waals surface area contributed by atoms with Crippen molar-refractivity contribution in [1.29, 1.82) is 0 Å². The fraction of sp³-hybridized carbons (Fsp3) is 0.429. The first kappa shape index (κ1) is 12.6. The van der Waals surface area contributed by atoms with Crippen molar-refractivity contribution < 1.29 is 14.3 Å². The molecule has 1 aromatic rings. The van der Waals surface area contributed by atoms with Crippen molar-refractivity contribution in [3.63, 3.8) is 0 Å². The van der Waals surface area contributed by atoms with Gasteiger partial charge in [0.1, 0.15) is 0 Å². The topological polar surface area (TPSA) is 46.6 Å². The van der Waals surface area contributed by atoms with Gasteiger partial charge in [0.2, 0.25) is 0 Å². The Morgan fingerprint density at radius 1 is 1.11 bits per heavy atom. The summed E-state index contributed by atoms with van der Waals surface area (Å²) in [5, 5.41) is 0. The van der Waals surface area contributed by atoms with Crippen molar-refractivity contribution in [1.82, 2.24) is 4.90 Å². The Kier molecular flexibility index (Phi) is 3.97. The quantitative estimate of drug-likeness (QED) is 0.768. The van der Waals surface area contributed by atoms with Crippen LogP contribution in [-0.2, 0) is 4.74 Å². The molecule has 4 nitrogen and oxygen atoms in total. The van der Waals surface area contributed by atoms with Crippen molar-refractivity contribution in [2.24, 2.45) is 0 Å². The molecule has 0 radical (unpaired) electrons. The lowest BCUT2D eigenvalue weighted by Crippen LogP contribution is -2.27. The first-order chi connectivity index (χ1) is 8.72. The fourth-order valence-electron chi connectivity index (χ4n) is 2.07. The maximum Gasteiger partial charge on any atom is 0.338 e. The van der Waals surface area contributed by atoms with Crippen molar-refractivity contribution >= 4 is 11.9 Å². The smallest absolute Gasteiger partial charge is 0.338 e. The molecule has 0 spiro atoms. The largest absolute Gasteiger partial charge is 0.462 e. The minimum absolute atomic E-state index is 0.0444. The molecular weight excluding hydrogens is 230 g/mol. The second-order valence-electron chi connectivity index (χ2n) is 4.30. The lowest BCUT2D eigenvalue weighted by molar-refractivity contribution is 0.0525. The van der Waals surface area contributed by atoms with E-state index in [0.717, 1.165) is 25.9 Å². The number of esters is 1. The number of amides is 1. The third-order valence-electron chi connectivity index (χ3n) is 3.04. The summed E-state index contributed by atoms with van der Waals surface area (Å²) in [5.41, 5.74) is 1.11. The van der Waals surface area contributed by atoms with Gasteiger partial charge in [0, 0.05) is 18.7 Å². The van der Waals surface area contributed by atoms with Gasteiger partial charge in [-0.2, -0.15) is 0 Å². The van der Waals surface area contributed by atoms with Gasteiger partial charge in [0.05, 0.1) is 12.2 Å². The second kappa shape index (κ2) is 5.67. The highest BCUT2D eigenvalue weighted by Gasteiger charge is 2.19. The molecule has 1 saturated heterocycles. The van der Waals surface area contributed by atoms with Crippen LogP contribution in [-0.4, -0.2) is 36.5 Å². The molecule has 1 amide bonds. The molecule has 1 fully saturated rings. The molecule has 1 aliphatic rings. The zero-order valence-electron chi connectivity index (χ0n) is 10.5. The molecule has 0 N–H and O–H groups in total. The molecular formula is C14H17NO3. The van der Waals surface area contributed by atoms with Gasteiger partial charge in [0.15, 0.2) is 0 Å². The van der Waals surface area contributed by atoms with E-state index in [1.165, 1.54) is 0 Å². The van der Waals surface area contributed by atoms with E-state index < -0.39 is 0 Å². The van der Waals surface area contributed by atoms with Crippen LogP contribution in [0, 0.1) is 0 Å². The third-order valence-corrected chi connectivity index (χ3v) is 3.04. The molecule has 1 aromatic carbocycles. The molecule has 1 aliphatic heterocycles. The molecule has 0 aromatic heterocycles. The van der Waals surface area contributed by atoms with Gasteiger partial charge in [0.25, 0.3) is 5.91 Å². The normalized spacial score (nSPS) is 14.6. The number of hydrogen-bond acceptors (Lipinski definition) is 3. The van der Waals surface area contributed by atoms with Crippen LogP contribution in [0.4, 0.5) is 0 Å². The van der Waals surface area contributed by atoms with Crippen LogP contribution in [0.15, 0.2) is 24.3 Å². The lowest BCUT2D eigenvalue weighted by atomic mass is 10.1. The number of ether oxygens (including phenoxy) is 1. The molecule has 0 bridgehead atoms. The second-order valence-corrected chi connectivity index (χ2v) is 4.30. The van der Waals surface area contributed by atoms with Crippen LogP contribution < -0.4 is 0 Å². The van der Waals surface area contributed by atoms with E-state index in [4.69, 9.17) is 4.74 Å². The van der Waals surface area contributed by atoms with Gasteiger partial charge in [-0.3, -0.25) is 4.79 Å². The van der Waals surface area contributed by atoms with E-state index in [1.807, 2.05) is 4.90 Å². The zero-order chi connectivity index (χ0) is 13.0. The predicted molar refractivity (Wildman–Crippen MR) is 67.5 cm³/mol. The molecule has 1 heterocycles. The van der Waals surface area contributed by atoms with Gasteiger partial charge < -0.3 is 9.64 Å². The van der Waals surface area contributed by atoms with E-state index in [-0.39, 0.29) is 11.9 Å². The molecule has 2 rings (SSSR count). The van der Waals surface area contributed by atoms with Gasteiger partial charge in [-0.25, -0.2) is 4.79 Å². The van der Waals surface area contributed by atoms with Crippen molar-refractivity contribution in [3.8, 4) is 0 Å². The maximum absolute atomic E-state index is 12.1. The molecule has 18 heavy (non-hydrogen) atoms. The predicted octanol–water partition coefficient (Wildman–Crippen LogP) is 2.10. The van der Waals surface area contributed by atoms with Crippen LogP contribution in [0.5, 0.6) is 0 Å². The van der Waals surface area contributed by atoms with Gasteiger partial charge in [-0.1, -0.05) is 0 Å². The van der Waals surface area contributed by atoms with Gasteiger partial charge in [-0.15, -0.1) is 0 Å². The summed E-state index contributed by atoms with van der Waals surface area (Å²) in [5.74, 6) is -0.305. The summed E-state index contributed by atoms with van der Waals surface area (Å²) < 4.78 is 4.89. The number of nitrogens with zero attached hydrogens (tertiary/aromatic N) is 1. The van der Waals surface area contributed by atoms with E-state index in [1.54, 1.807) is 31.2 Å². The summed E-state index contributed by atoms with van der Waals surface area (Å²) in [6.45, 7) is 3.79. The van der Waals surface area contributed by atoms with Crippen LogP contribution >= 0.6 is 0 Å². The molecule has 96 valence electrons. The summed E-state index contributed by atoms with van der Waals surface area (Å²) >= 11 is 0. The Morgan fingerprint density at radius 2 is 1.67 bits per heavy atom. The zero-order valence-corrected chi connectivity index (χ0v) is 10.5. The van der Waals surface area contributed by atoms with Crippen LogP contribution in [0.25, 0.3) is 0 Å². The van der Waals surface area contributed by atoms with Crippen molar-refractivity contribution in [3.05, 3.63) is 35.4 Å². The molecule has 0 saturated carbocycles. The summed E-state index contributed by atoms with van der Waals surface area (Å²) in [7, 11) is 0. The SMILES string of the molecule is CCOC(=O)c1ccc(C(=O)N2CCCC2)cc1. The van der Waals surface area contributed by atoms with Crippen LogP contribution in [0.1, 0.15) is 40.5 Å². The molecule has 0 aliphatic carbocycles. The Hall–Kier alpha value is -1.84. The van der Waals surface area contributed by atoms with E-state index in [9.17, 15) is 9.59 Å². The molecule has 0 unspecified atom stereocenters. The Balaban J connectivity index is 2.07. The summed E-state index contributed by atoms with van der Waals surface area (Å²) in [4.78, 5) is 25.4. The Labute approximate surface area is 107 Å². The number of hydrogen-bond donors (Lipinski definition) is 0. The average Bonchev–Trinajstić information content (AvgIpc) is 2.92. The maximum atomic E-state index is 12.1. The number of likely N-dealkylation sites (tertiary alicyclic amines) is 1. The number of carbonyl (C=O) groups is 2. The molecule has 0 atom stereocenters. The number of benzene rings is 1. The highest BCUT2D eigenvalue weighted by atomic mass is 16.5. The number of carbonyl (C=O) groups excluding carboxylic acids is 2. The monoisotopic (exact) mass is 247 g/mol. The minimum atomic E-state index is -0.349. The summed E-state index contributed by atoms with van der Waals surface area (Å²) in [6.07, 6.45) is 2.15. The number of rotatable bonds is 3. The Morgan fingerprint density at radius 3 is 2.22 bits per heavy atom. The summed E-state index contributed by atoms with van der Waals surface area (Å²) in [6, 6.07) is 6.66. The highest BCUT2D eigenvalue weighted by Crippen LogP contribution is 2.14. The first-order valence-electron chi connectivity index (χ1n) is 6.29. The first-order valence-corrected chi connectivity index (χ1v) is 6.29. The minimum Gasteiger partial charge on any atom is -0.462 e. The van der Waals surface area contributed by atoms with E-state index in [2.05, 4.69) is 0 Å². The third kappa shape index (κ3) is 2.70. The highest BCUT2D eigenvalue weighted by molar-refractivity contribution is 5.96. The Bertz CT molecular complexity index is 433. The molecule has 4 heteroatoms. The average molecular weight is 247 g/mol. The fourth-order valence-corrected chi connectivity index (χ4v) is 2.07.